The van der Waals surface area contributed by atoms with E-state index in [0.29, 0.717) is 32.7 Å². The monoisotopic (exact) mass is 287 g/mol. The Morgan fingerprint density at radius 3 is 2.35 bits per heavy atom. The molecule has 0 bridgehead atoms. The van der Waals surface area contributed by atoms with Crippen LogP contribution in [0.25, 0.3) is 0 Å². The zero-order chi connectivity index (χ0) is 15.1. The van der Waals surface area contributed by atoms with Crippen LogP contribution in [0.1, 0.15) is 13.3 Å². The molecule has 0 saturated carbocycles. The van der Waals surface area contributed by atoms with Crippen LogP contribution in [0.15, 0.2) is 0 Å². The first kappa shape index (κ1) is 16.2. The van der Waals surface area contributed by atoms with Crippen LogP contribution in [0.5, 0.6) is 0 Å². The normalized spacial score (nSPS) is 17.4. The number of nitrogens with zero attached hydrogens (tertiary/aromatic N) is 2. The van der Waals surface area contributed by atoms with Crippen LogP contribution in [0.4, 0.5) is 4.79 Å². The number of esters is 1. The maximum Gasteiger partial charge on any atom is 0.328 e. The highest BCUT2D eigenvalue weighted by Gasteiger charge is 2.24. The van der Waals surface area contributed by atoms with E-state index in [0.717, 1.165) is 0 Å². The minimum Gasteiger partial charge on any atom is -0.481 e. The molecule has 2 N–H and O–H groups in total. The Kier molecular flexibility index (Phi) is 6.23. The lowest BCUT2D eigenvalue weighted by Crippen LogP contribution is -2.54. The van der Waals surface area contributed by atoms with E-state index < -0.39 is 18.0 Å². The van der Waals surface area contributed by atoms with Gasteiger partial charge in [-0.25, -0.2) is 9.59 Å². The SMILES string of the molecule is COC(=O)C(C)NC(=O)N1CCN(CCC(=O)O)CC1. The Morgan fingerprint density at radius 1 is 1.25 bits per heavy atom. The van der Waals surface area contributed by atoms with Crippen molar-refractivity contribution in [3.8, 4) is 0 Å². The summed E-state index contributed by atoms with van der Waals surface area (Å²) in [7, 11) is 1.27. The van der Waals surface area contributed by atoms with Crippen molar-refractivity contribution in [2.24, 2.45) is 0 Å². The molecule has 1 saturated heterocycles. The zero-order valence-corrected chi connectivity index (χ0v) is 11.8. The quantitative estimate of drug-likeness (QED) is 0.652. The average Bonchev–Trinajstić information content (AvgIpc) is 2.44. The van der Waals surface area contributed by atoms with Crippen molar-refractivity contribution in [2.75, 3.05) is 39.8 Å². The van der Waals surface area contributed by atoms with E-state index in [1.54, 1.807) is 11.8 Å². The van der Waals surface area contributed by atoms with Gasteiger partial charge in [0, 0.05) is 32.7 Å². The number of carbonyl (C=O) groups is 3. The summed E-state index contributed by atoms with van der Waals surface area (Å²) >= 11 is 0. The molecular weight excluding hydrogens is 266 g/mol. The van der Waals surface area contributed by atoms with Crippen molar-refractivity contribution >= 4 is 18.0 Å². The standard InChI is InChI=1S/C12H21N3O5/c1-9(11(18)20-2)13-12(19)15-7-5-14(6-8-15)4-3-10(16)17/h9H,3-8H2,1-2H3,(H,13,19)(H,16,17). The molecule has 1 heterocycles. The number of hydrogen-bond donors (Lipinski definition) is 2. The number of hydrogen-bond acceptors (Lipinski definition) is 5. The van der Waals surface area contributed by atoms with E-state index >= 15 is 0 Å². The van der Waals surface area contributed by atoms with Crippen LogP contribution in [-0.4, -0.2) is 78.8 Å². The molecule has 1 aliphatic rings. The summed E-state index contributed by atoms with van der Waals surface area (Å²) in [5.74, 6) is -1.31. The molecule has 2 amide bonds. The predicted octanol–water partition coefficient (Wildman–Crippen LogP) is -0.650. The highest BCUT2D eigenvalue weighted by atomic mass is 16.5. The maximum atomic E-state index is 11.9. The summed E-state index contributed by atoms with van der Waals surface area (Å²) in [6, 6.07) is -0.988. The molecule has 8 nitrogen and oxygen atoms in total. The number of piperazine rings is 1. The second-order valence-corrected chi connectivity index (χ2v) is 4.67. The number of aliphatic carboxylic acids is 1. The summed E-state index contributed by atoms with van der Waals surface area (Å²) in [6.45, 7) is 4.34. The lowest BCUT2D eigenvalue weighted by molar-refractivity contribution is -0.142. The molecule has 114 valence electrons. The summed E-state index contributed by atoms with van der Waals surface area (Å²) in [5, 5.41) is 11.2. The third-order valence-corrected chi connectivity index (χ3v) is 3.20. The van der Waals surface area contributed by atoms with Gasteiger partial charge < -0.3 is 20.1 Å². The van der Waals surface area contributed by atoms with E-state index in [1.165, 1.54) is 7.11 Å². The van der Waals surface area contributed by atoms with E-state index in [4.69, 9.17) is 5.11 Å². The smallest absolute Gasteiger partial charge is 0.328 e. The van der Waals surface area contributed by atoms with Crippen LogP contribution in [0.2, 0.25) is 0 Å². The topological polar surface area (TPSA) is 99.2 Å². The Morgan fingerprint density at radius 2 is 1.85 bits per heavy atom. The van der Waals surface area contributed by atoms with Crippen molar-refractivity contribution in [1.82, 2.24) is 15.1 Å². The van der Waals surface area contributed by atoms with Gasteiger partial charge in [0.25, 0.3) is 0 Å². The first-order valence-corrected chi connectivity index (χ1v) is 6.51. The van der Waals surface area contributed by atoms with Gasteiger partial charge >= 0.3 is 18.0 Å². The molecule has 1 rings (SSSR count). The first-order chi connectivity index (χ1) is 9.43. The number of amides is 2. The third kappa shape index (κ3) is 5.04. The summed E-state index contributed by atoms with van der Waals surface area (Å²) < 4.78 is 4.54. The molecule has 1 aliphatic heterocycles. The van der Waals surface area contributed by atoms with Crippen LogP contribution in [0.3, 0.4) is 0 Å². The minimum absolute atomic E-state index is 0.103. The Bertz CT molecular complexity index is 366. The fraction of sp³-hybridized carbons (Fsp3) is 0.750. The van der Waals surface area contributed by atoms with Gasteiger partial charge in [-0.05, 0) is 6.92 Å². The van der Waals surface area contributed by atoms with Crippen molar-refractivity contribution < 1.29 is 24.2 Å². The van der Waals surface area contributed by atoms with Gasteiger partial charge in [0.1, 0.15) is 6.04 Å². The summed E-state index contributed by atoms with van der Waals surface area (Å²) in [4.78, 5) is 37.2. The largest absolute Gasteiger partial charge is 0.481 e. The Hall–Kier alpha value is -1.83. The Balaban J connectivity index is 2.32. The number of carboxylic acid groups (broad SMARTS) is 1. The predicted molar refractivity (Wildman–Crippen MR) is 70.3 cm³/mol. The number of ether oxygens (including phenoxy) is 1. The highest BCUT2D eigenvalue weighted by Crippen LogP contribution is 2.03. The molecule has 0 spiro atoms. The van der Waals surface area contributed by atoms with Crippen molar-refractivity contribution in [1.29, 1.82) is 0 Å². The zero-order valence-electron chi connectivity index (χ0n) is 11.8. The summed E-state index contributed by atoms with van der Waals surface area (Å²) in [6.07, 6.45) is 0.103. The number of carboxylic acids is 1. The minimum atomic E-state index is -0.822. The lowest BCUT2D eigenvalue weighted by Gasteiger charge is -2.34. The van der Waals surface area contributed by atoms with Gasteiger partial charge in [-0.3, -0.25) is 9.69 Å². The van der Waals surface area contributed by atoms with Crippen molar-refractivity contribution in [3.05, 3.63) is 0 Å². The Labute approximate surface area is 117 Å². The second-order valence-electron chi connectivity index (χ2n) is 4.67. The van der Waals surface area contributed by atoms with E-state index in [9.17, 15) is 14.4 Å². The first-order valence-electron chi connectivity index (χ1n) is 6.51. The molecular formula is C12H21N3O5. The average molecular weight is 287 g/mol. The number of carbonyl (C=O) groups excluding carboxylic acids is 2. The van der Waals surface area contributed by atoms with Gasteiger partial charge in [-0.2, -0.15) is 0 Å². The molecule has 20 heavy (non-hydrogen) atoms. The van der Waals surface area contributed by atoms with Crippen LogP contribution in [0, 0.1) is 0 Å². The van der Waals surface area contributed by atoms with Crippen molar-refractivity contribution in [3.63, 3.8) is 0 Å². The molecule has 0 radical (unpaired) electrons. The molecule has 1 fully saturated rings. The van der Waals surface area contributed by atoms with Crippen molar-refractivity contribution in [2.45, 2.75) is 19.4 Å². The van der Waals surface area contributed by atoms with Gasteiger partial charge in [-0.15, -0.1) is 0 Å². The second kappa shape index (κ2) is 7.68. The fourth-order valence-corrected chi connectivity index (χ4v) is 1.94. The third-order valence-electron chi connectivity index (χ3n) is 3.20. The van der Waals surface area contributed by atoms with Gasteiger partial charge in [0.05, 0.1) is 13.5 Å². The molecule has 0 aromatic carbocycles. The lowest BCUT2D eigenvalue weighted by atomic mass is 10.3. The number of methoxy groups -OCH3 is 1. The molecule has 1 atom stereocenters. The van der Waals surface area contributed by atoms with Gasteiger partial charge in [0.2, 0.25) is 0 Å². The molecule has 0 aromatic heterocycles. The van der Waals surface area contributed by atoms with E-state index in [2.05, 4.69) is 10.1 Å². The van der Waals surface area contributed by atoms with Crippen LogP contribution >= 0.6 is 0 Å². The highest BCUT2D eigenvalue weighted by molar-refractivity contribution is 5.83. The van der Waals surface area contributed by atoms with E-state index in [-0.39, 0.29) is 12.5 Å². The molecule has 0 aliphatic carbocycles. The number of rotatable bonds is 5. The molecule has 1 unspecified atom stereocenters. The van der Waals surface area contributed by atoms with Crippen LogP contribution in [-0.2, 0) is 14.3 Å². The molecule has 8 heteroatoms. The molecule has 0 aromatic rings. The van der Waals surface area contributed by atoms with Crippen LogP contribution < -0.4 is 5.32 Å². The number of urea groups is 1. The fourth-order valence-electron chi connectivity index (χ4n) is 1.94. The maximum absolute atomic E-state index is 11.9. The number of nitrogens with one attached hydrogen (secondary N) is 1. The van der Waals surface area contributed by atoms with Gasteiger partial charge in [0.15, 0.2) is 0 Å². The van der Waals surface area contributed by atoms with E-state index in [1.807, 2.05) is 4.90 Å². The summed E-state index contributed by atoms with van der Waals surface area (Å²) in [5.41, 5.74) is 0. The van der Waals surface area contributed by atoms with Gasteiger partial charge in [-0.1, -0.05) is 0 Å².